The first-order valence-electron chi connectivity index (χ1n) is 7.20. The predicted molar refractivity (Wildman–Crippen MR) is 81.6 cm³/mol. The van der Waals surface area contributed by atoms with Crippen molar-refractivity contribution in [3.63, 3.8) is 0 Å². The largest absolute Gasteiger partial charge is 0.481 e. The van der Waals surface area contributed by atoms with Crippen molar-refractivity contribution in [1.29, 1.82) is 0 Å². The Morgan fingerprint density at radius 3 is 2.38 bits per heavy atom. The number of hydrogen-bond donors (Lipinski definition) is 3. The van der Waals surface area contributed by atoms with Crippen molar-refractivity contribution in [1.82, 2.24) is 5.32 Å². The van der Waals surface area contributed by atoms with Crippen molar-refractivity contribution < 1.29 is 14.7 Å². The van der Waals surface area contributed by atoms with Crippen molar-refractivity contribution in [3.05, 3.63) is 35.9 Å². The molecule has 0 bridgehead atoms. The number of carboxylic acids is 1. The van der Waals surface area contributed by atoms with Crippen LogP contribution in [0.25, 0.3) is 0 Å². The van der Waals surface area contributed by atoms with E-state index >= 15 is 0 Å². The number of aliphatic carboxylic acids is 1. The molecule has 0 aliphatic carbocycles. The van der Waals surface area contributed by atoms with Gasteiger partial charge in [-0.3, -0.25) is 9.59 Å². The molecule has 2 atom stereocenters. The maximum Gasteiger partial charge on any atom is 0.303 e. The topological polar surface area (TPSA) is 92.4 Å². The lowest BCUT2D eigenvalue weighted by molar-refractivity contribution is -0.138. The maximum atomic E-state index is 12.0. The maximum absolute atomic E-state index is 12.0. The Balaban J connectivity index is 2.54. The summed E-state index contributed by atoms with van der Waals surface area (Å²) in [6.45, 7) is 4.41. The number of nitrogens with two attached hydrogens (primary N) is 1. The van der Waals surface area contributed by atoms with Gasteiger partial charge in [-0.2, -0.15) is 0 Å². The van der Waals surface area contributed by atoms with Gasteiger partial charge in [-0.15, -0.1) is 0 Å². The van der Waals surface area contributed by atoms with Crippen LogP contribution >= 0.6 is 0 Å². The SMILES string of the molecule is CC(C)C[C@H](CNC(=O)[C@@H](N)c1ccccc1)CC(=O)O. The first-order valence-corrected chi connectivity index (χ1v) is 7.20. The third kappa shape index (κ3) is 6.40. The molecule has 21 heavy (non-hydrogen) atoms. The minimum atomic E-state index is -0.845. The van der Waals surface area contributed by atoms with Gasteiger partial charge in [0.15, 0.2) is 0 Å². The highest BCUT2D eigenvalue weighted by atomic mass is 16.4. The molecule has 4 N–H and O–H groups in total. The summed E-state index contributed by atoms with van der Waals surface area (Å²) in [5, 5.41) is 11.7. The van der Waals surface area contributed by atoms with Crippen molar-refractivity contribution >= 4 is 11.9 Å². The molecule has 0 aliphatic rings. The van der Waals surface area contributed by atoms with Gasteiger partial charge in [-0.05, 0) is 23.8 Å². The third-order valence-electron chi connectivity index (χ3n) is 3.27. The highest BCUT2D eigenvalue weighted by Crippen LogP contribution is 2.15. The second kappa shape index (κ2) is 8.42. The average molecular weight is 292 g/mol. The molecule has 0 saturated heterocycles. The third-order valence-corrected chi connectivity index (χ3v) is 3.27. The molecule has 116 valence electrons. The molecule has 5 heteroatoms. The molecule has 0 unspecified atom stereocenters. The second-order valence-corrected chi connectivity index (χ2v) is 5.73. The van der Waals surface area contributed by atoms with Crippen LogP contribution in [0, 0.1) is 11.8 Å². The van der Waals surface area contributed by atoms with Gasteiger partial charge in [0.2, 0.25) is 5.91 Å². The van der Waals surface area contributed by atoms with Gasteiger partial charge < -0.3 is 16.2 Å². The number of carboxylic acid groups (broad SMARTS) is 1. The Morgan fingerprint density at radius 1 is 1.24 bits per heavy atom. The fraction of sp³-hybridized carbons (Fsp3) is 0.500. The summed E-state index contributed by atoms with van der Waals surface area (Å²) in [4.78, 5) is 22.9. The lowest BCUT2D eigenvalue weighted by Gasteiger charge is -2.19. The van der Waals surface area contributed by atoms with Crippen molar-refractivity contribution in [2.45, 2.75) is 32.7 Å². The molecule has 1 amide bonds. The Labute approximate surface area is 125 Å². The van der Waals surface area contributed by atoms with Gasteiger partial charge in [0, 0.05) is 13.0 Å². The van der Waals surface area contributed by atoms with Gasteiger partial charge in [-0.25, -0.2) is 0 Å². The van der Waals surface area contributed by atoms with Crippen LogP contribution < -0.4 is 11.1 Å². The monoisotopic (exact) mass is 292 g/mol. The van der Waals surface area contributed by atoms with Crippen molar-refractivity contribution in [2.75, 3.05) is 6.54 Å². The van der Waals surface area contributed by atoms with Crippen LogP contribution in [0.5, 0.6) is 0 Å². The first kappa shape index (κ1) is 17.2. The van der Waals surface area contributed by atoms with Crippen LogP contribution in [0.4, 0.5) is 0 Å². The molecule has 5 nitrogen and oxygen atoms in total. The van der Waals surface area contributed by atoms with Crippen LogP contribution in [-0.4, -0.2) is 23.5 Å². The molecule has 1 aromatic carbocycles. The van der Waals surface area contributed by atoms with Gasteiger partial charge in [0.25, 0.3) is 0 Å². The van der Waals surface area contributed by atoms with Crippen LogP contribution in [0.2, 0.25) is 0 Å². The Bertz CT molecular complexity index is 460. The highest BCUT2D eigenvalue weighted by Gasteiger charge is 2.19. The summed E-state index contributed by atoms with van der Waals surface area (Å²) < 4.78 is 0. The van der Waals surface area contributed by atoms with E-state index in [1.807, 2.05) is 32.0 Å². The van der Waals surface area contributed by atoms with Crippen LogP contribution in [0.15, 0.2) is 30.3 Å². The Hall–Kier alpha value is -1.88. The molecule has 1 aromatic rings. The number of amides is 1. The highest BCUT2D eigenvalue weighted by molar-refractivity contribution is 5.82. The van der Waals surface area contributed by atoms with Gasteiger partial charge in [0.05, 0.1) is 0 Å². The molecule has 0 aromatic heterocycles. The molecule has 0 aliphatic heterocycles. The van der Waals surface area contributed by atoms with E-state index in [0.717, 1.165) is 12.0 Å². The van der Waals surface area contributed by atoms with Crippen LogP contribution in [0.3, 0.4) is 0 Å². The van der Waals surface area contributed by atoms with Gasteiger partial charge >= 0.3 is 5.97 Å². The Morgan fingerprint density at radius 2 is 1.86 bits per heavy atom. The molecular formula is C16H24N2O3. The zero-order valence-corrected chi connectivity index (χ0v) is 12.6. The second-order valence-electron chi connectivity index (χ2n) is 5.73. The number of carbonyl (C=O) groups excluding carboxylic acids is 1. The minimum absolute atomic E-state index is 0.0546. The number of nitrogens with one attached hydrogen (secondary N) is 1. The number of hydrogen-bond acceptors (Lipinski definition) is 3. The molecular weight excluding hydrogens is 268 g/mol. The molecule has 0 spiro atoms. The lowest BCUT2D eigenvalue weighted by Crippen LogP contribution is -2.37. The van der Waals surface area contributed by atoms with E-state index in [9.17, 15) is 9.59 Å². The zero-order chi connectivity index (χ0) is 15.8. The molecule has 1 rings (SSSR count). The van der Waals surface area contributed by atoms with E-state index in [1.54, 1.807) is 12.1 Å². The van der Waals surface area contributed by atoms with Crippen LogP contribution in [-0.2, 0) is 9.59 Å². The summed E-state index contributed by atoms with van der Waals surface area (Å²) in [7, 11) is 0. The predicted octanol–water partition coefficient (Wildman–Crippen LogP) is 1.94. The number of rotatable bonds is 8. The quantitative estimate of drug-likeness (QED) is 0.682. The molecule has 0 fully saturated rings. The molecule has 0 radical (unpaired) electrons. The van der Waals surface area contributed by atoms with Gasteiger partial charge in [-0.1, -0.05) is 44.2 Å². The molecule has 0 heterocycles. The fourth-order valence-electron chi connectivity index (χ4n) is 2.32. The van der Waals surface area contributed by atoms with Gasteiger partial charge in [0.1, 0.15) is 6.04 Å². The van der Waals surface area contributed by atoms with E-state index in [4.69, 9.17) is 10.8 Å². The first-order chi connectivity index (χ1) is 9.90. The smallest absolute Gasteiger partial charge is 0.303 e. The van der Waals surface area contributed by atoms with Crippen LogP contribution in [0.1, 0.15) is 38.3 Å². The fourth-order valence-corrected chi connectivity index (χ4v) is 2.32. The van der Waals surface area contributed by atoms with Crippen molar-refractivity contribution in [3.8, 4) is 0 Å². The van der Waals surface area contributed by atoms with Crippen molar-refractivity contribution in [2.24, 2.45) is 17.6 Å². The van der Waals surface area contributed by atoms with E-state index < -0.39 is 12.0 Å². The standard InChI is InChI=1S/C16H24N2O3/c1-11(2)8-12(9-14(19)20)10-18-16(21)15(17)13-6-4-3-5-7-13/h3-7,11-12,15H,8-10,17H2,1-2H3,(H,18,21)(H,19,20)/t12-,15-/m0/s1. The van der Waals surface area contributed by atoms with E-state index in [1.165, 1.54) is 0 Å². The Kier molecular flexibility index (Phi) is 6.88. The summed E-state index contributed by atoms with van der Waals surface area (Å²) >= 11 is 0. The normalized spacial score (nSPS) is 13.7. The summed E-state index contributed by atoms with van der Waals surface area (Å²) in [5.74, 6) is -0.814. The average Bonchev–Trinajstić information content (AvgIpc) is 2.43. The number of benzene rings is 1. The van der Waals surface area contributed by atoms with E-state index in [0.29, 0.717) is 12.5 Å². The lowest BCUT2D eigenvalue weighted by atomic mass is 9.94. The summed E-state index contributed by atoms with van der Waals surface area (Å²) in [6, 6.07) is 8.39. The number of carbonyl (C=O) groups is 2. The van der Waals surface area contributed by atoms with E-state index in [-0.39, 0.29) is 18.2 Å². The zero-order valence-electron chi connectivity index (χ0n) is 12.6. The minimum Gasteiger partial charge on any atom is -0.481 e. The summed E-state index contributed by atoms with van der Waals surface area (Å²) in [6.07, 6.45) is 0.812. The molecule has 0 saturated carbocycles. The summed E-state index contributed by atoms with van der Waals surface area (Å²) in [5.41, 5.74) is 6.64. The van der Waals surface area contributed by atoms with E-state index in [2.05, 4.69) is 5.32 Å².